The van der Waals surface area contributed by atoms with Crippen LogP contribution >= 0.6 is 34.2 Å². The van der Waals surface area contributed by atoms with Gasteiger partial charge >= 0.3 is 0 Å². The second-order valence-corrected chi connectivity index (χ2v) is 6.11. The Morgan fingerprint density at radius 1 is 1.50 bits per heavy atom. The molecule has 0 amide bonds. The van der Waals surface area contributed by atoms with Crippen LogP contribution in [0.25, 0.3) is 5.57 Å². The van der Waals surface area contributed by atoms with Crippen molar-refractivity contribution in [2.75, 3.05) is 13.1 Å². The first-order chi connectivity index (χ1) is 7.66. The second-order valence-electron chi connectivity index (χ2n) is 3.92. The van der Waals surface area contributed by atoms with Crippen LogP contribution in [-0.2, 0) is 0 Å². The minimum Gasteiger partial charge on any atom is -0.288 e. The van der Waals surface area contributed by atoms with Crippen molar-refractivity contribution in [2.45, 2.75) is 17.4 Å². The minimum atomic E-state index is 0.558. The standard InChI is InChI=1S/C12H14ClIN2/c1-9(14)16-6-4-10(5-7-16)11-2-3-12(13)15-8-11/h2-4,8-9H,5-7H2,1H3. The Balaban J connectivity index is 2.10. The molecule has 0 saturated heterocycles. The van der Waals surface area contributed by atoms with Crippen LogP contribution in [-0.4, -0.2) is 27.0 Å². The molecule has 1 aromatic heterocycles. The van der Waals surface area contributed by atoms with Gasteiger partial charge in [-0.1, -0.05) is 46.3 Å². The summed E-state index contributed by atoms with van der Waals surface area (Å²) in [5.74, 6) is 0. The van der Waals surface area contributed by atoms with E-state index >= 15 is 0 Å². The lowest BCUT2D eigenvalue weighted by atomic mass is 10.0. The van der Waals surface area contributed by atoms with E-state index in [4.69, 9.17) is 11.6 Å². The Kier molecular flexibility index (Phi) is 4.21. The lowest BCUT2D eigenvalue weighted by Gasteiger charge is -2.28. The zero-order valence-electron chi connectivity index (χ0n) is 9.16. The largest absolute Gasteiger partial charge is 0.288 e. The van der Waals surface area contributed by atoms with Crippen LogP contribution in [0.4, 0.5) is 0 Å². The Morgan fingerprint density at radius 3 is 2.81 bits per heavy atom. The molecule has 1 atom stereocenters. The molecule has 2 rings (SSSR count). The van der Waals surface area contributed by atoms with Gasteiger partial charge < -0.3 is 0 Å². The van der Waals surface area contributed by atoms with Crippen molar-refractivity contribution in [2.24, 2.45) is 0 Å². The van der Waals surface area contributed by atoms with Gasteiger partial charge in [-0.2, -0.15) is 0 Å². The zero-order chi connectivity index (χ0) is 11.5. The molecule has 0 fully saturated rings. The molecule has 1 unspecified atom stereocenters. The number of hydrogen-bond donors (Lipinski definition) is 0. The smallest absolute Gasteiger partial charge is 0.129 e. The lowest BCUT2D eigenvalue weighted by Crippen LogP contribution is -2.32. The predicted octanol–water partition coefficient (Wildman–Crippen LogP) is 3.61. The van der Waals surface area contributed by atoms with Crippen molar-refractivity contribution >= 4 is 39.8 Å². The van der Waals surface area contributed by atoms with E-state index in [0.29, 0.717) is 9.20 Å². The molecular formula is C12H14ClIN2. The van der Waals surface area contributed by atoms with Gasteiger partial charge in [-0.15, -0.1) is 0 Å². The van der Waals surface area contributed by atoms with Crippen LogP contribution in [0.1, 0.15) is 18.9 Å². The normalized spacial score (nSPS) is 19.3. The van der Waals surface area contributed by atoms with Gasteiger partial charge in [0, 0.05) is 19.3 Å². The molecule has 1 aliphatic heterocycles. The molecule has 1 aliphatic rings. The van der Waals surface area contributed by atoms with E-state index in [1.807, 2.05) is 18.3 Å². The molecule has 0 radical (unpaired) electrons. The summed E-state index contributed by atoms with van der Waals surface area (Å²) < 4.78 is 0.596. The van der Waals surface area contributed by atoms with Crippen LogP contribution < -0.4 is 0 Å². The van der Waals surface area contributed by atoms with Gasteiger partial charge in [-0.05, 0) is 30.5 Å². The highest BCUT2D eigenvalue weighted by Crippen LogP contribution is 2.24. The Morgan fingerprint density at radius 2 is 2.31 bits per heavy atom. The summed E-state index contributed by atoms with van der Waals surface area (Å²) in [6.45, 7) is 4.38. The van der Waals surface area contributed by atoms with Crippen LogP contribution in [0.3, 0.4) is 0 Å². The van der Waals surface area contributed by atoms with E-state index in [1.54, 1.807) is 0 Å². The molecule has 2 heterocycles. The SMILES string of the molecule is CC(I)N1CC=C(c2ccc(Cl)nc2)CC1. The molecule has 2 nitrogen and oxygen atoms in total. The molecule has 0 N–H and O–H groups in total. The van der Waals surface area contributed by atoms with Gasteiger partial charge in [0.05, 0.1) is 4.05 Å². The van der Waals surface area contributed by atoms with Gasteiger partial charge in [-0.25, -0.2) is 4.98 Å². The molecular weight excluding hydrogens is 335 g/mol. The fourth-order valence-electron chi connectivity index (χ4n) is 1.84. The van der Waals surface area contributed by atoms with Gasteiger partial charge in [0.25, 0.3) is 0 Å². The first-order valence-electron chi connectivity index (χ1n) is 5.36. The summed E-state index contributed by atoms with van der Waals surface area (Å²) in [7, 11) is 0. The maximum Gasteiger partial charge on any atom is 0.129 e. The predicted molar refractivity (Wildman–Crippen MR) is 76.9 cm³/mol. The third kappa shape index (κ3) is 2.96. The first kappa shape index (κ1) is 12.3. The Labute approximate surface area is 115 Å². The lowest BCUT2D eigenvalue weighted by molar-refractivity contribution is 0.306. The van der Waals surface area contributed by atoms with Crippen molar-refractivity contribution in [1.82, 2.24) is 9.88 Å². The molecule has 1 aromatic rings. The molecule has 0 aromatic carbocycles. The quantitative estimate of drug-likeness (QED) is 0.351. The van der Waals surface area contributed by atoms with Gasteiger partial charge in [0.2, 0.25) is 0 Å². The van der Waals surface area contributed by atoms with E-state index in [9.17, 15) is 0 Å². The molecule has 0 bridgehead atoms. The summed E-state index contributed by atoms with van der Waals surface area (Å²) in [5.41, 5.74) is 2.59. The van der Waals surface area contributed by atoms with E-state index in [2.05, 4.69) is 45.5 Å². The second kappa shape index (κ2) is 5.47. The Bertz CT molecular complexity index is 387. The summed E-state index contributed by atoms with van der Waals surface area (Å²) in [6.07, 6.45) is 5.25. The Hall–Kier alpha value is -0.130. The van der Waals surface area contributed by atoms with Gasteiger partial charge in [0.1, 0.15) is 5.15 Å². The fourth-order valence-corrected chi connectivity index (χ4v) is 2.45. The summed E-state index contributed by atoms with van der Waals surface area (Å²) in [4.78, 5) is 6.57. The van der Waals surface area contributed by atoms with Crippen molar-refractivity contribution in [1.29, 1.82) is 0 Å². The third-order valence-electron chi connectivity index (χ3n) is 2.84. The highest BCUT2D eigenvalue weighted by atomic mass is 127. The summed E-state index contributed by atoms with van der Waals surface area (Å²) in [5, 5.41) is 0.558. The van der Waals surface area contributed by atoms with Crippen molar-refractivity contribution < 1.29 is 0 Å². The summed E-state index contributed by atoms with van der Waals surface area (Å²) in [6, 6.07) is 3.90. The summed E-state index contributed by atoms with van der Waals surface area (Å²) >= 11 is 8.23. The van der Waals surface area contributed by atoms with Gasteiger partial charge in [0.15, 0.2) is 0 Å². The highest BCUT2D eigenvalue weighted by molar-refractivity contribution is 14.1. The maximum absolute atomic E-state index is 5.78. The average Bonchev–Trinajstić information content (AvgIpc) is 2.30. The molecule has 0 saturated carbocycles. The molecule has 0 spiro atoms. The van der Waals surface area contributed by atoms with Crippen LogP contribution in [0.5, 0.6) is 0 Å². The molecule has 16 heavy (non-hydrogen) atoms. The third-order valence-corrected chi connectivity index (χ3v) is 3.85. The number of rotatable bonds is 2. The van der Waals surface area contributed by atoms with Crippen LogP contribution in [0, 0.1) is 0 Å². The highest BCUT2D eigenvalue weighted by Gasteiger charge is 2.15. The first-order valence-corrected chi connectivity index (χ1v) is 6.98. The van der Waals surface area contributed by atoms with E-state index in [-0.39, 0.29) is 0 Å². The average molecular weight is 349 g/mol. The number of halogens is 2. The number of aromatic nitrogens is 1. The molecule has 4 heteroatoms. The molecule has 0 aliphatic carbocycles. The maximum atomic E-state index is 5.78. The fraction of sp³-hybridized carbons (Fsp3) is 0.417. The minimum absolute atomic E-state index is 0.558. The number of nitrogens with zero attached hydrogens (tertiary/aromatic N) is 2. The van der Waals surface area contributed by atoms with E-state index < -0.39 is 0 Å². The van der Waals surface area contributed by atoms with Crippen molar-refractivity contribution in [3.63, 3.8) is 0 Å². The monoisotopic (exact) mass is 348 g/mol. The van der Waals surface area contributed by atoms with Crippen LogP contribution in [0.15, 0.2) is 24.4 Å². The van der Waals surface area contributed by atoms with Crippen LogP contribution in [0.2, 0.25) is 5.15 Å². The number of pyridine rings is 1. The zero-order valence-corrected chi connectivity index (χ0v) is 12.1. The number of alkyl halides is 1. The van der Waals surface area contributed by atoms with Gasteiger partial charge in [-0.3, -0.25) is 4.90 Å². The molecule has 86 valence electrons. The number of hydrogen-bond acceptors (Lipinski definition) is 2. The topological polar surface area (TPSA) is 16.1 Å². The van der Waals surface area contributed by atoms with E-state index in [1.165, 1.54) is 11.1 Å². The van der Waals surface area contributed by atoms with Crippen molar-refractivity contribution in [3.05, 3.63) is 35.1 Å². The van der Waals surface area contributed by atoms with Crippen molar-refractivity contribution in [3.8, 4) is 0 Å². The van der Waals surface area contributed by atoms with E-state index in [0.717, 1.165) is 19.5 Å².